The molecule has 1 fully saturated rings. The summed E-state index contributed by atoms with van der Waals surface area (Å²) in [6.45, 7) is 2.56. The van der Waals surface area contributed by atoms with Crippen LogP contribution in [0.2, 0.25) is 5.02 Å². The minimum absolute atomic E-state index is 0.108. The van der Waals surface area contributed by atoms with Crippen LogP contribution in [0.5, 0.6) is 0 Å². The number of rotatable bonds is 5. The number of halogens is 1. The second kappa shape index (κ2) is 6.90. The Morgan fingerprint density at radius 2 is 2.25 bits per heavy atom. The van der Waals surface area contributed by atoms with Crippen molar-refractivity contribution in [3.8, 4) is 0 Å². The molecule has 7 nitrogen and oxygen atoms in total. The van der Waals surface area contributed by atoms with E-state index in [-0.39, 0.29) is 17.5 Å². The zero-order valence-electron chi connectivity index (χ0n) is 13.2. The van der Waals surface area contributed by atoms with Gasteiger partial charge >= 0.3 is 0 Å². The molecule has 2 aromatic rings. The Balaban J connectivity index is 1.81. The van der Waals surface area contributed by atoms with Gasteiger partial charge in [0.05, 0.1) is 17.7 Å². The Kier molecular flexibility index (Phi) is 4.86. The molecule has 1 N–H and O–H groups in total. The lowest BCUT2D eigenvalue weighted by molar-refractivity contribution is 0.598. The Morgan fingerprint density at radius 3 is 2.92 bits per heavy atom. The van der Waals surface area contributed by atoms with Gasteiger partial charge in [0.25, 0.3) is 0 Å². The zero-order chi connectivity index (χ0) is 17.2. The molecule has 128 valence electrons. The first kappa shape index (κ1) is 16.9. The third-order valence-corrected chi connectivity index (χ3v) is 5.88. The molecule has 1 aliphatic rings. The van der Waals surface area contributed by atoms with E-state index in [1.807, 2.05) is 24.0 Å². The van der Waals surface area contributed by atoms with Crippen molar-refractivity contribution in [2.75, 3.05) is 28.3 Å². The number of nitrogens with one attached hydrogen (secondary N) is 1. The predicted molar refractivity (Wildman–Crippen MR) is 94.6 cm³/mol. The third-order valence-electron chi connectivity index (χ3n) is 3.89. The van der Waals surface area contributed by atoms with Crippen LogP contribution in [0.3, 0.4) is 0 Å². The van der Waals surface area contributed by atoms with Crippen molar-refractivity contribution in [1.82, 2.24) is 15.2 Å². The molecule has 1 saturated heterocycles. The highest BCUT2D eigenvalue weighted by molar-refractivity contribution is 7.91. The molecule has 9 heteroatoms. The number of aromatic nitrogens is 3. The fraction of sp³-hybridized carbons (Fsp3) is 0.400. The van der Waals surface area contributed by atoms with Gasteiger partial charge in [0.15, 0.2) is 15.7 Å². The molecular formula is C15H18ClN5O2S. The van der Waals surface area contributed by atoms with Crippen molar-refractivity contribution in [2.24, 2.45) is 0 Å². The highest BCUT2D eigenvalue weighted by atomic mass is 35.5. The average Bonchev–Trinajstić information content (AvgIpc) is 2.88. The summed E-state index contributed by atoms with van der Waals surface area (Å²) in [6.07, 6.45) is 2.11. The van der Waals surface area contributed by atoms with Crippen LogP contribution in [-0.4, -0.2) is 47.7 Å². The summed E-state index contributed by atoms with van der Waals surface area (Å²) < 4.78 is 23.4. The smallest absolute Gasteiger partial charge is 0.247 e. The molecule has 1 atom stereocenters. The normalized spacial score (nSPS) is 19.2. The van der Waals surface area contributed by atoms with Crippen LogP contribution in [0.15, 0.2) is 30.5 Å². The van der Waals surface area contributed by atoms with Crippen LogP contribution in [-0.2, 0) is 9.84 Å². The van der Waals surface area contributed by atoms with E-state index >= 15 is 0 Å². The summed E-state index contributed by atoms with van der Waals surface area (Å²) in [6, 6.07) is 7.17. The van der Waals surface area contributed by atoms with Crippen molar-refractivity contribution in [1.29, 1.82) is 0 Å². The summed E-state index contributed by atoms with van der Waals surface area (Å²) >= 11 is 5.97. The van der Waals surface area contributed by atoms with Gasteiger partial charge in [0.1, 0.15) is 0 Å². The Labute approximate surface area is 146 Å². The lowest BCUT2D eigenvalue weighted by Crippen LogP contribution is -2.37. The predicted octanol–water partition coefficient (Wildman–Crippen LogP) is 2.28. The highest BCUT2D eigenvalue weighted by Gasteiger charge is 2.33. The average molecular weight is 368 g/mol. The zero-order valence-corrected chi connectivity index (χ0v) is 14.8. The number of anilines is 3. The Bertz CT molecular complexity index is 830. The molecule has 0 radical (unpaired) electrons. The molecule has 0 bridgehead atoms. The van der Waals surface area contributed by atoms with Crippen molar-refractivity contribution in [3.05, 3.63) is 35.5 Å². The largest absolute Gasteiger partial charge is 0.339 e. The first-order valence-electron chi connectivity index (χ1n) is 7.66. The van der Waals surface area contributed by atoms with Crippen molar-refractivity contribution in [3.63, 3.8) is 0 Å². The van der Waals surface area contributed by atoms with E-state index in [4.69, 9.17) is 11.6 Å². The second-order valence-corrected chi connectivity index (χ2v) is 8.28. The molecule has 1 aromatic carbocycles. The summed E-state index contributed by atoms with van der Waals surface area (Å²) in [7, 11) is -2.97. The maximum Gasteiger partial charge on any atom is 0.247 e. The topological polar surface area (TPSA) is 88.1 Å². The number of benzene rings is 1. The quantitative estimate of drug-likeness (QED) is 0.867. The van der Waals surface area contributed by atoms with Crippen molar-refractivity contribution in [2.45, 2.75) is 19.4 Å². The van der Waals surface area contributed by atoms with Gasteiger partial charge in [0.2, 0.25) is 5.95 Å². The molecule has 0 aliphatic carbocycles. The fourth-order valence-corrected chi connectivity index (χ4v) is 4.70. The SMILES string of the molecule is CCN(c1nncc(Nc2cccc(Cl)c2)n1)C1CCS(=O)(=O)C1. The number of sulfone groups is 1. The monoisotopic (exact) mass is 367 g/mol. The van der Waals surface area contributed by atoms with Crippen LogP contribution < -0.4 is 10.2 Å². The van der Waals surface area contributed by atoms with Gasteiger partial charge in [0, 0.05) is 23.3 Å². The molecule has 24 heavy (non-hydrogen) atoms. The fourth-order valence-electron chi connectivity index (χ4n) is 2.77. The number of hydrogen-bond acceptors (Lipinski definition) is 7. The van der Waals surface area contributed by atoms with Crippen LogP contribution in [0.4, 0.5) is 17.5 Å². The maximum atomic E-state index is 11.7. The highest BCUT2D eigenvalue weighted by Crippen LogP contribution is 2.23. The Hall–Kier alpha value is -1.93. The summed E-state index contributed by atoms with van der Waals surface area (Å²) in [4.78, 5) is 6.35. The van der Waals surface area contributed by atoms with Crippen LogP contribution in [0.25, 0.3) is 0 Å². The Morgan fingerprint density at radius 1 is 1.42 bits per heavy atom. The lowest BCUT2D eigenvalue weighted by Gasteiger charge is -2.26. The van der Waals surface area contributed by atoms with E-state index in [1.165, 1.54) is 6.20 Å². The van der Waals surface area contributed by atoms with Gasteiger partial charge in [-0.25, -0.2) is 8.42 Å². The minimum atomic E-state index is -2.97. The number of hydrogen-bond donors (Lipinski definition) is 1. The van der Waals surface area contributed by atoms with E-state index < -0.39 is 9.84 Å². The van der Waals surface area contributed by atoms with E-state index in [0.29, 0.717) is 29.8 Å². The second-order valence-electron chi connectivity index (χ2n) is 5.62. The standard InChI is InChI=1S/C15H18ClN5O2S/c1-2-21(13-6-7-24(22,23)10-13)15-19-14(9-17-20-15)18-12-5-3-4-11(16)8-12/h3-5,8-9,13H,2,6-7,10H2,1H3,(H,18,19,20). The molecule has 0 amide bonds. The van der Waals surface area contributed by atoms with E-state index in [9.17, 15) is 8.42 Å². The summed E-state index contributed by atoms with van der Waals surface area (Å²) in [5.41, 5.74) is 0.792. The third kappa shape index (κ3) is 3.93. The van der Waals surface area contributed by atoms with E-state index in [2.05, 4.69) is 20.5 Å². The van der Waals surface area contributed by atoms with Gasteiger partial charge < -0.3 is 10.2 Å². The van der Waals surface area contributed by atoms with Gasteiger partial charge in [-0.3, -0.25) is 0 Å². The molecule has 1 aliphatic heterocycles. The van der Waals surface area contributed by atoms with Crippen LogP contribution in [0.1, 0.15) is 13.3 Å². The van der Waals surface area contributed by atoms with E-state index in [0.717, 1.165) is 5.69 Å². The summed E-state index contributed by atoms with van der Waals surface area (Å²) in [5, 5.41) is 11.8. The van der Waals surface area contributed by atoms with Crippen molar-refractivity contribution >= 4 is 38.9 Å². The first-order chi connectivity index (χ1) is 11.5. The van der Waals surface area contributed by atoms with Crippen LogP contribution in [0, 0.1) is 0 Å². The first-order valence-corrected chi connectivity index (χ1v) is 9.86. The van der Waals surface area contributed by atoms with Gasteiger partial charge in [-0.05, 0) is 31.5 Å². The van der Waals surface area contributed by atoms with Gasteiger partial charge in [-0.2, -0.15) is 10.1 Å². The lowest BCUT2D eigenvalue weighted by atomic mass is 10.2. The molecule has 0 saturated carbocycles. The van der Waals surface area contributed by atoms with Crippen LogP contribution >= 0.6 is 11.6 Å². The van der Waals surface area contributed by atoms with E-state index in [1.54, 1.807) is 12.1 Å². The van der Waals surface area contributed by atoms with Crippen molar-refractivity contribution < 1.29 is 8.42 Å². The minimum Gasteiger partial charge on any atom is -0.339 e. The number of nitrogens with zero attached hydrogens (tertiary/aromatic N) is 4. The molecule has 0 spiro atoms. The molecule has 1 unspecified atom stereocenters. The molecule has 1 aromatic heterocycles. The maximum absolute atomic E-state index is 11.7. The molecule has 3 rings (SSSR count). The summed E-state index contributed by atoms with van der Waals surface area (Å²) in [5.74, 6) is 1.30. The molecule has 2 heterocycles. The van der Waals surface area contributed by atoms with Gasteiger partial charge in [-0.1, -0.05) is 17.7 Å². The molecular weight excluding hydrogens is 350 g/mol. The van der Waals surface area contributed by atoms with Gasteiger partial charge in [-0.15, -0.1) is 5.10 Å².